The fourth-order valence-electron chi connectivity index (χ4n) is 2.68. The maximum atomic E-state index is 14.4. The molecule has 28 heavy (non-hydrogen) atoms. The largest absolute Gasteiger partial charge is 0.417 e. The van der Waals surface area contributed by atoms with Gasteiger partial charge >= 0.3 is 6.18 Å². The highest BCUT2D eigenvalue weighted by molar-refractivity contribution is 9.10. The van der Waals surface area contributed by atoms with Crippen molar-refractivity contribution in [3.05, 3.63) is 70.2 Å². The molecular formula is C19H14BrF4N3O. The third-order valence-corrected chi connectivity index (χ3v) is 4.36. The summed E-state index contributed by atoms with van der Waals surface area (Å²) in [5, 5.41) is 4.15. The molecule has 0 radical (unpaired) electrons. The molecule has 0 unspecified atom stereocenters. The van der Waals surface area contributed by atoms with Crippen LogP contribution in [0.25, 0.3) is 16.8 Å². The summed E-state index contributed by atoms with van der Waals surface area (Å²) in [6.07, 6.45) is -2.79. The van der Waals surface area contributed by atoms with E-state index in [1.807, 2.05) is 0 Å². The van der Waals surface area contributed by atoms with E-state index in [0.29, 0.717) is 10.0 Å². The number of benzene rings is 1. The molecule has 0 fully saturated rings. The number of Topliss-reactive ketones (excluding diaryl/α,β-unsaturated/α-hetero) is 1. The Balaban J connectivity index is 2.29. The van der Waals surface area contributed by atoms with Crippen molar-refractivity contribution in [1.29, 1.82) is 0 Å². The molecule has 0 spiro atoms. The van der Waals surface area contributed by atoms with E-state index in [-0.39, 0.29) is 16.8 Å². The van der Waals surface area contributed by atoms with Crippen LogP contribution in [0, 0.1) is 0 Å². The van der Waals surface area contributed by atoms with E-state index in [4.69, 9.17) is 0 Å². The summed E-state index contributed by atoms with van der Waals surface area (Å²) in [4.78, 5) is 14.1. The molecule has 3 rings (SSSR count). The molecule has 4 nitrogen and oxygen atoms in total. The molecule has 0 aliphatic heterocycles. The number of hydrogen-bond acceptors (Lipinski definition) is 3. The Morgan fingerprint density at radius 1 is 1.21 bits per heavy atom. The molecular weight excluding hydrogens is 442 g/mol. The van der Waals surface area contributed by atoms with Gasteiger partial charge in [0, 0.05) is 36.5 Å². The number of pyridine rings is 1. The van der Waals surface area contributed by atoms with Gasteiger partial charge in [-0.2, -0.15) is 18.3 Å². The van der Waals surface area contributed by atoms with E-state index in [0.717, 1.165) is 29.0 Å². The summed E-state index contributed by atoms with van der Waals surface area (Å²) < 4.78 is 55.2. The Kier molecular flexibility index (Phi) is 5.29. The lowest BCUT2D eigenvalue weighted by Crippen LogP contribution is -2.08. The second-order valence-electron chi connectivity index (χ2n) is 6.25. The van der Waals surface area contributed by atoms with Crippen molar-refractivity contribution in [2.45, 2.75) is 6.18 Å². The standard InChI is InChI=1S/C19H14BrF4N3O/c1-26(2)10-14(21)18(28)16-15-7-6-12(19(22,23)24)9-27(15)25-17(16)11-4-3-5-13(20)8-11/h3-10H,1-2H3/b14-10-. The fraction of sp³-hybridized carbons (Fsp3) is 0.158. The summed E-state index contributed by atoms with van der Waals surface area (Å²) in [7, 11) is 3.10. The fourth-order valence-corrected chi connectivity index (χ4v) is 3.08. The Bertz CT molecular complexity index is 1090. The van der Waals surface area contributed by atoms with Gasteiger partial charge in [-0.15, -0.1) is 0 Å². The molecule has 2 aromatic heterocycles. The molecule has 0 saturated carbocycles. The van der Waals surface area contributed by atoms with Crippen LogP contribution < -0.4 is 0 Å². The molecule has 0 amide bonds. The first-order chi connectivity index (χ1) is 13.1. The SMILES string of the molecule is CN(C)/C=C(\F)C(=O)c1c(-c2cccc(Br)c2)nn2cc(C(F)(F)F)ccc12. The number of halogens is 5. The van der Waals surface area contributed by atoms with Crippen LogP contribution in [-0.2, 0) is 6.18 Å². The Hall–Kier alpha value is -2.68. The van der Waals surface area contributed by atoms with E-state index in [1.54, 1.807) is 38.4 Å². The molecule has 3 aromatic rings. The van der Waals surface area contributed by atoms with E-state index >= 15 is 0 Å². The number of ketones is 1. The molecule has 2 heterocycles. The van der Waals surface area contributed by atoms with Gasteiger partial charge in [0.05, 0.1) is 16.6 Å². The molecule has 0 N–H and O–H groups in total. The van der Waals surface area contributed by atoms with Gasteiger partial charge in [0.25, 0.3) is 0 Å². The topological polar surface area (TPSA) is 37.6 Å². The van der Waals surface area contributed by atoms with E-state index in [9.17, 15) is 22.4 Å². The van der Waals surface area contributed by atoms with Crippen molar-refractivity contribution in [3.63, 3.8) is 0 Å². The average molecular weight is 456 g/mol. The molecule has 9 heteroatoms. The van der Waals surface area contributed by atoms with Crippen molar-refractivity contribution in [1.82, 2.24) is 14.5 Å². The van der Waals surface area contributed by atoms with Crippen molar-refractivity contribution in [2.24, 2.45) is 0 Å². The average Bonchev–Trinajstić information content (AvgIpc) is 2.98. The van der Waals surface area contributed by atoms with E-state index in [1.165, 1.54) is 4.90 Å². The minimum atomic E-state index is -4.57. The predicted octanol–water partition coefficient (Wildman–Crippen LogP) is 5.34. The minimum absolute atomic E-state index is 0.0790. The van der Waals surface area contributed by atoms with Crippen LogP contribution >= 0.6 is 15.9 Å². The van der Waals surface area contributed by atoms with Crippen LogP contribution in [0.2, 0.25) is 0 Å². The quantitative estimate of drug-likeness (QED) is 0.302. The molecule has 0 atom stereocenters. The monoisotopic (exact) mass is 455 g/mol. The molecule has 0 bridgehead atoms. The van der Waals surface area contributed by atoms with Crippen molar-refractivity contribution >= 4 is 27.2 Å². The number of allylic oxidation sites excluding steroid dienone is 1. The van der Waals surface area contributed by atoms with Gasteiger partial charge in [-0.05, 0) is 24.3 Å². The van der Waals surface area contributed by atoms with Gasteiger partial charge in [0.2, 0.25) is 5.78 Å². The normalized spacial score (nSPS) is 12.5. The zero-order valence-corrected chi connectivity index (χ0v) is 16.3. The lowest BCUT2D eigenvalue weighted by molar-refractivity contribution is -0.137. The van der Waals surface area contributed by atoms with Gasteiger partial charge < -0.3 is 4.90 Å². The number of nitrogens with zero attached hydrogens (tertiary/aromatic N) is 3. The van der Waals surface area contributed by atoms with Crippen molar-refractivity contribution < 1.29 is 22.4 Å². The molecule has 0 saturated heterocycles. The predicted molar refractivity (Wildman–Crippen MR) is 101 cm³/mol. The highest BCUT2D eigenvalue weighted by Gasteiger charge is 2.32. The van der Waals surface area contributed by atoms with Crippen LogP contribution in [0.5, 0.6) is 0 Å². The third kappa shape index (κ3) is 3.94. The second-order valence-corrected chi connectivity index (χ2v) is 7.16. The van der Waals surface area contributed by atoms with Crippen molar-refractivity contribution in [2.75, 3.05) is 14.1 Å². The van der Waals surface area contributed by atoms with Gasteiger partial charge in [-0.25, -0.2) is 8.91 Å². The van der Waals surface area contributed by atoms with Crippen LogP contribution in [0.3, 0.4) is 0 Å². The zero-order valence-electron chi connectivity index (χ0n) is 14.8. The Morgan fingerprint density at radius 2 is 1.93 bits per heavy atom. The summed E-state index contributed by atoms with van der Waals surface area (Å²) in [6, 6.07) is 8.68. The second kappa shape index (κ2) is 7.38. The first kappa shape index (κ1) is 20.1. The number of carbonyl (C=O) groups is 1. The molecule has 146 valence electrons. The van der Waals surface area contributed by atoms with Gasteiger partial charge in [0.1, 0.15) is 5.69 Å². The summed E-state index contributed by atoms with van der Waals surface area (Å²) in [6.45, 7) is 0. The number of alkyl halides is 3. The minimum Gasteiger partial charge on any atom is -0.381 e. The summed E-state index contributed by atoms with van der Waals surface area (Å²) >= 11 is 3.30. The lowest BCUT2D eigenvalue weighted by Gasteiger charge is -2.07. The number of aromatic nitrogens is 2. The van der Waals surface area contributed by atoms with Gasteiger partial charge in [0.15, 0.2) is 5.83 Å². The zero-order chi connectivity index (χ0) is 20.6. The first-order valence-corrected chi connectivity index (χ1v) is 8.81. The summed E-state index contributed by atoms with van der Waals surface area (Å²) in [5.74, 6) is -2.01. The first-order valence-electron chi connectivity index (χ1n) is 8.02. The van der Waals surface area contributed by atoms with Gasteiger partial charge in [-0.3, -0.25) is 4.79 Å². The lowest BCUT2D eigenvalue weighted by atomic mass is 10.0. The molecule has 0 aliphatic carbocycles. The van der Waals surface area contributed by atoms with Crippen LogP contribution in [-0.4, -0.2) is 34.4 Å². The van der Waals surface area contributed by atoms with Crippen LogP contribution in [0.4, 0.5) is 17.6 Å². The van der Waals surface area contributed by atoms with Crippen LogP contribution in [0.15, 0.2) is 59.1 Å². The molecule has 0 aliphatic rings. The summed E-state index contributed by atoms with van der Waals surface area (Å²) in [5.41, 5.74) is -0.398. The van der Waals surface area contributed by atoms with E-state index < -0.39 is 23.3 Å². The number of carbonyl (C=O) groups excluding carboxylic acids is 1. The highest BCUT2D eigenvalue weighted by atomic mass is 79.9. The van der Waals surface area contributed by atoms with Crippen molar-refractivity contribution in [3.8, 4) is 11.3 Å². The number of rotatable bonds is 4. The maximum Gasteiger partial charge on any atom is 0.417 e. The van der Waals surface area contributed by atoms with E-state index in [2.05, 4.69) is 21.0 Å². The number of hydrogen-bond donors (Lipinski definition) is 0. The highest BCUT2D eigenvalue weighted by Crippen LogP contribution is 2.33. The number of fused-ring (bicyclic) bond motifs is 1. The Morgan fingerprint density at radius 3 is 2.54 bits per heavy atom. The van der Waals surface area contributed by atoms with Gasteiger partial charge in [-0.1, -0.05) is 28.1 Å². The van der Waals surface area contributed by atoms with Crippen LogP contribution in [0.1, 0.15) is 15.9 Å². The smallest absolute Gasteiger partial charge is 0.381 e. The third-order valence-electron chi connectivity index (χ3n) is 3.87. The Labute approximate surface area is 166 Å². The maximum absolute atomic E-state index is 14.4. The molecule has 1 aromatic carbocycles.